The smallest absolute Gasteiger partial charge is 0.410 e. The molecule has 0 aromatic carbocycles. The third-order valence-corrected chi connectivity index (χ3v) is 7.00. The molecule has 1 fully saturated rings. The third-order valence-electron chi connectivity index (χ3n) is 5.80. The second-order valence-corrected chi connectivity index (χ2v) is 10.1. The Hall–Kier alpha value is -1.89. The molecule has 158 valence electrons. The Morgan fingerprint density at radius 3 is 2.66 bits per heavy atom. The Labute approximate surface area is 176 Å². The van der Waals surface area contributed by atoms with Gasteiger partial charge < -0.3 is 14.4 Å². The number of ether oxygens (including phenoxy) is 2. The van der Waals surface area contributed by atoms with Crippen molar-refractivity contribution in [1.29, 1.82) is 0 Å². The number of nitrogens with zero attached hydrogens (tertiary/aromatic N) is 3. The van der Waals surface area contributed by atoms with E-state index in [0.29, 0.717) is 6.54 Å². The van der Waals surface area contributed by atoms with Crippen LogP contribution in [0.3, 0.4) is 0 Å². The fourth-order valence-corrected chi connectivity index (χ4v) is 5.70. The normalized spacial score (nSPS) is 21.8. The summed E-state index contributed by atoms with van der Waals surface area (Å²) in [4.78, 5) is 25.9. The fourth-order valence-electron chi connectivity index (χ4n) is 4.48. The summed E-state index contributed by atoms with van der Waals surface area (Å²) in [7, 11) is 0. The van der Waals surface area contributed by atoms with Crippen LogP contribution >= 0.6 is 11.3 Å². The van der Waals surface area contributed by atoms with Gasteiger partial charge in [-0.15, -0.1) is 11.3 Å². The molecule has 2 aromatic heterocycles. The zero-order valence-corrected chi connectivity index (χ0v) is 18.7. The van der Waals surface area contributed by atoms with Crippen LogP contribution in [0.2, 0.25) is 0 Å². The second-order valence-electron chi connectivity index (χ2n) is 9.03. The molecule has 1 saturated carbocycles. The number of carbonyl (C=O) groups excluding carboxylic acids is 1. The van der Waals surface area contributed by atoms with Gasteiger partial charge in [-0.3, -0.25) is 0 Å². The SMILES string of the molecule is CCN(C(=O)OC(C)(C)C)C1CCC(Oc2ncnc3sc4c(c23)CCC4)CC1. The van der Waals surface area contributed by atoms with Crippen LogP contribution in [0.15, 0.2) is 6.33 Å². The van der Waals surface area contributed by atoms with E-state index in [-0.39, 0.29) is 18.2 Å². The molecule has 0 saturated heterocycles. The largest absolute Gasteiger partial charge is 0.474 e. The first kappa shape index (κ1) is 20.4. The summed E-state index contributed by atoms with van der Waals surface area (Å²) in [6, 6.07) is 0.213. The number of amides is 1. The molecule has 0 bridgehead atoms. The predicted octanol–water partition coefficient (Wildman–Crippen LogP) is 5.13. The van der Waals surface area contributed by atoms with E-state index in [1.807, 2.05) is 32.6 Å². The molecule has 0 N–H and O–H groups in total. The quantitative estimate of drug-likeness (QED) is 0.690. The highest BCUT2D eigenvalue weighted by Crippen LogP contribution is 2.40. The van der Waals surface area contributed by atoms with Crippen molar-refractivity contribution < 1.29 is 14.3 Å². The van der Waals surface area contributed by atoms with E-state index < -0.39 is 5.60 Å². The van der Waals surface area contributed by atoms with Gasteiger partial charge in [0.1, 0.15) is 22.9 Å². The number of carbonyl (C=O) groups is 1. The summed E-state index contributed by atoms with van der Waals surface area (Å²) < 4.78 is 12.0. The summed E-state index contributed by atoms with van der Waals surface area (Å²) in [5.74, 6) is 0.748. The molecular formula is C22H31N3O3S. The van der Waals surface area contributed by atoms with Crippen LogP contribution < -0.4 is 4.74 Å². The fraction of sp³-hybridized carbons (Fsp3) is 0.682. The topological polar surface area (TPSA) is 64.6 Å². The molecule has 0 atom stereocenters. The lowest BCUT2D eigenvalue weighted by Gasteiger charge is -2.37. The van der Waals surface area contributed by atoms with Crippen LogP contribution in [0.4, 0.5) is 4.79 Å². The highest BCUT2D eigenvalue weighted by molar-refractivity contribution is 7.18. The number of thiophene rings is 1. The highest BCUT2D eigenvalue weighted by atomic mass is 32.1. The van der Waals surface area contributed by atoms with Gasteiger partial charge in [-0.1, -0.05) is 0 Å². The number of hydrogen-bond donors (Lipinski definition) is 0. The van der Waals surface area contributed by atoms with Crippen molar-refractivity contribution >= 4 is 27.6 Å². The zero-order chi connectivity index (χ0) is 20.6. The van der Waals surface area contributed by atoms with Crippen molar-refractivity contribution in [3.8, 4) is 5.88 Å². The van der Waals surface area contributed by atoms with E-state index in [9.17, 15) is 4.79 Å². The molecule has 2 aromatic rings. The number of aromatic nitrogens is 2. The van der Waals surface area contributed by atoms with Gasteiger partial charge in [0.15, 0.2) is 0 Å². The van der Waals surface area contributed by atoms with E-state index in [4.69, 9.17) is 9.47 Å². The summed E-state index contributed by atoms with van der Waals surface area (Å²) in [6.45, 7) is 8.41. The van der Waals surface area contributed by atoms with Gasteiger partial charge in [0, 0.05) is 17.5 Å². The lowest BCUT2D eigenvalue weighted by molar-refractivity contribution is 0.00813. The van der Waals surface area contributed by atoms with Crippen LogP contribution in [0.25, 0.3) is 10.2 Å². The van der Waals surface area contributed by atoms with Crippen molar-refractivity contribution in [1.82, 2.24) is 14.9 Å². The Morgan fingerprint density at radius 2 is 1.97 bits per heavy atom. The van der Waals surface area contributed by atoms with Crippen LogP contribution in [0, 0.1) is 0 Å². The molecule has 7 heteroatoms. The molecule has 2 aliphatic rings. The Morgan fingerprint density at radius 1 is 1.21 bits per heavy atom. The molecule has 0 unspecified atom stereocenters. The Balaban J connectivity index is 1.40. The first-order chi connectivity index (χ1) is 13.9. The Kier molecular flexibility index (Phi) is 5.69. The summed E-state index contributed by atoms with van der Waals surface area (Å²) in [6.07, 6.45) is 8.70. The lowest BCUT2D eigenvalue weighted by atomic mass is 9.92. The van der Waals surface area contributed by atoms with Crippen molar-refractivity contribution in [3.05, 3.63) is 16.8 Å². The molecule has 0 radical (unpaired) electrons. The third kappa shape index (κ3) is 4.34. The minimum atomic E-state index is -0.468. The van der Waals surface area contributed by atoms with E-state index in [1.54, 1.807) is 17.7 Å². The van der Waals surface area contributed by atoms with Gasteiger partial charge in [0.05, 0.1) is 5.39 Å². The Bertz CT molecular complexity index is 881. The molecule has 0 spiro atoms. The average molecular weight is 418 g/mol. The standard InChI is InChI=1S/C22H31N3O3S/c1-5-25(21(26)28-22(2,3)4)14-9-11-15(12-10-14)27-19-18-16-7-6-8-17(16)29-20(18)24-13-23-19/h13-15H,5-12H2,1-4H3. The van der Waals surface area contributed by atoms with Crippen LogP contribution in [0.1, 0.15) is 70.2 Å². The van der Waals surface area contributed by atoms with Crippen molar-refractivity contribution in [2.45, 2.75) is 90.4 Å². The van der Waals surface area contributed by atoms with Gasteiger partial charge in [0.2, 0.25) is 5.88 Å². The van der Waals surface area contributed by atoms with Gasteiger partial charge in [0.25, 0.3) is 0 Å². The van der Waals surface area contributed by atoms with Crippen LogP contribution in [0.5, 0.6) is 5.88 Å². The van der Waals surface area contributed by atoms with Gasteiger partial charge in [-0.25, -0.2) is 14.8 Å². The first-order valence-corrected chi connectivity index (χ1v) is 11.6. The zero-order valence-electron chi connectivity index (χ0n) is 17.9. The minimum Gasteiger partial charge on any atom is -0.474 e. The molecule has 1 amide bonds. The molecule has 2 aliphatic carbocycles. The maximum absolute atomic E-state index is 12.5. The molecule has 4 rings (SSSR count). The van der Waals surface area contributed by atoms with E-state index in [2.05, 4.69) is 9.97 Å². The highest BCUT2D eigenvalue weighted by Gasteiger charge is 2.32. The minimum absolute atomic E-state index is 0.138. The van der Waals surface area contributed by atoms with E-state index in [0.717, 1.165) is 54.6 Å². The van der Waals surface area contributed by atoms with Crippen LogP contribution in [-0.2, 0) is 17.6 Å². The number of rotatable bonds is 4. The molecular weight excluding hydrogens is 386 g/mol. The molecule has 2 heterocycles. The van der Waals surface area contributed by atoms with Crippen molar-refractivity contribution in [2.24, 2.45) is 0 Å². The lowest BCUT2D eigenvalue weighted by Crippen LogP contribution is -2.45. The van der Waals surface area contributed by atoms with Gasteiger partial charge in [-0.2, -0.15) is 0 Å². The summed E-state index contributed by atoms with van der Waals surface area (Å²) >= 11 is 1.79. The number of hydrogen-bond acceptors (Lipinski definition) is 6. The first-order valence-electron chi connectivity index (χ1n) is 10.8. The van der Waals surface area contributed by atoms with Crippen molar-refractivity contribution in [2.75, 3.05) is 6.54 Å². The molecule has 29 heavy (non-hydrogen) atoms. The summed E-state index contributed by atoms with van der Waals surface area (Å²) in [5.41, 5.74) is 0.931. The maximum atomic E-state index is 12.5. The monoisotopic (exact) mass is 417 g/mol. The average Bonchev–Trinajstić information content (AvgIpc) is 3.23. The number of aryl methyl sites for hydroxylation is 2. The van der Waals surface area contributed by atoms with E-state index in [1.165, 1.54) is 16.9 Å². The summed E-state index contributed by atoms with van der Waals surface area (Å²) in [5, 5.41) is 1.14. The maximum Gasteiger partial charge on any atom is 0.410 e. The van der Waals surface area contributed by atoms with Crippen LogP contribution in [-0.4, -0.2) is 45.3 Å². The van der Waals surface area contributed by atoms with Gasteiger partial charge in [-0.05, 0) is 78.2 Å². The van der Waals surface area contributed by atoms with Gasteiger partial charge >= 0.3 is 6.09 Å². The predicted molar refractivity (Wildman–Crippen MR) is 115 cm³/mol. The van der Waals surface area contributed by atoms with Crippen molar-refractivity contribution in [3.63, 3.8) is 0 Å². The second kappa shape index (κ2) is 8.09. The molecule has 6 nitrogen and oxygen atoms in total. The molecule has 0 aliphatic heterocycles. The van der Waals surface area contributed by atoms with E-state index >= 15 is 0 Å². The number of fused-ring (bicyclic) bond motifs is 3.